The minimum Gasteiger partial charge on any atom is -0.366 e. The van der Waals surface area contributed by atoms with Crippen LogP contribution in [0.1, 0.15) is 11.4 Å². The van der Waals surface area contributed by atoms with Gasteiger partial charge in [-0.25, -0.2) is 4.98 Å². The van der Waals surface area contributed by atoms with Crippen LogP contribution in [-0.2, 0) is 20.0 Å². The predicted molar refractivity (Wildman–Crippen MR) is 79.5 cm³/mol. The van der Waals surface area contributed by atoms with Gasteiger partial charge >= 0.3 is 0 Å². The van der Waals surface area contributed by atoms with Gasteiger partial charge in [-0.05, 0) is 30.7 Å². The maximum absolute atomic E-state index is 6.33. The maximum Gasteiger partial charge on any atom is 0.127 e. The standard InChI is InChI=1S/C14H19ClN4/c1-18-8-7-17-14(18)10-19(2)13-4-3-11(5-6-16)9-12(13)15/h3-4,7-9H,5-6,10,16H2,1-2H3. The summed E-state index contributed by atoms with van der Waals surface area (Å²) in [5, 5.41) is 0.752. The smallest absolute Gasteiger partial charge is 0.127 e. The second-order valence-corrected chi connectivity index (χ2v) is 5.04. The molecule has 1 aromatic heterocycles. The van der Waals surface area contributed by atoms with Gasteiger partial charge in [-0.15, -0.1) is 0 Å². The fourth-order valence-electron chi connectivity index (χ4n) is 2.03. The molecule has 5 heteroatoms. The third kappa shape index (κ3) is 3.28. The number of anilines is 1. The molecule has 1 aromatic carbocycles. The Morgan fingerprint density at radius 2 is 2.21 bits per heavy atom. The Labute approximate surface area is 118 Å². The predicted octanol–water partition coefficient (Wildman–Crippen LogP) is 2.21. The van der Waals surface area contributed by atoms with Crippen molar-refractivity contribution in [2.75, 3.05) is 18.5 Å². The highest BCUT2D eigenvalue weighted by atomic mass is 35.5. The van der Waals surface area contributed by atoms with Gasteiger partial charge in [-0.3, -0.25) is 0 Å². The van der Waals surface area contributed by atoms with E-state index in [2.05, 4.69) is 16.0 Å². The molecule has 2 N–H and O–H groups in total. The summed E-state index contributed by atoms with van der Waals surface area (Å²) in [5.74, 6) is 1.00. The van der Waals surface area contributed by atoms with E-state index in [0.717, 1.165) is 29.5 Å². The van der Waals surface area contributed by atoms with Crippen molar-refractivity contribution in [3.8, 4) is 0 Å². The number of hydrogen-bond acceptors (Lipinski definition) is 3. The zero-order chi connectivity index (χ0) is 13.8. The van der Waals surface area contributed by atoms with Gasteiger partial charge in [0.2, 0.25) is 0 Å². The van der Waals surface area contributed by atoms with E-state index >= 15 is 0 Å². The van der Waals surface area contributed by atoms with Crippen LogP contribution in [0.2, 0.25) is 5.02 Å². The molecule has 0 fully saturated rings. The van der Waals surface area contributed by atoms with E-state index < -0.39 is 0 Å². The summed E-state index contributed by atoms with van der Waals surface area (Å²) in [6.07, 6.45) is 4.59. The van der Waals surface area contributed by atoms with E-state index in [1.807, 2.05) is 37.0 Å². The molecule has 0 aliphatic rings. The number of nitrogens with two attached hydrogens (primary N) is 1. The van der Waals surface area contributed by atoms with E-state index in [1.165, 1.54) is 5.56 Å². The van der Waals surface area contributed by atoms with Gasteiger partial charge in [0.25, 0.3) is 0 Å². The molecule has 0 saturated carbocycles. The number of aryl methyl sites for hydroxylation is 1. The SMILES string of the molecule is CN(Cc1nccn1C)c1ccc(CCN)cc1Cl. The molecule has 102 valence electrons. The van der Waals surface area contributed by atoms with Crippen molar-refractivity contribution >= 4 is 17.3 Å². The van der Waals surface area contributed by atoms with E-state index in [-0.39, 0.29) is 0 Å². The van der Waals surface area contributed by atoms with Crippen LogP contribution in [-0.4, -0.2) is 23.1 Å². The van der Waals surface area contributed by atoms with Gasteiger partial charge in [-0.2, -0.15) is 0 Å². The van der Waals surface area contributed by atoms with Crippen LogP contribution < -0.4 is 10.6 Å². The summed E-state index contributed by atoms with van der Waals surface area (Å²) in [5.41, 5.74) is 7.72. The molecule has 2 aromatic rings. The lowest BCUT2D eigenvalue weighted by Gasteiger charge is -2.20. The Balaban J connectivity index is 2.15. The van der Waals surface area contributed by atoms with Crippen LogP contribution >= 0.6 is 11.6 Å². The highest BCUT2D eigenvalue weighted by Gasteiger charge is 2.09. The van der Waals surface area contributed by atoms with Crippen LogP contribution in [0, 0.1) is 0 Å². The Morgan fingerprint density at radius 3 is 2.79 bits per heavy atom. The molecule has 0 spiro atoms. The highest BCUT2D eigenvalue weighted by Crippen LogP contribution is 2.27. The van der Waals surface area contributed by atoms with Gasteiger partial charge in [0.15, 0.2) is 0 Å². The molecular weight excluding hydrogens is 260 g/mol. The summed E-state index contributed by atoms with van der Waals surface area (Å²) in [6.45, 7) is 1.36. The minimum atomic E-state index is 0.638. The lowest BCUT2D eigenvalue weighted by molar-refractivity contribution is 0.761. The van der Waals surface area contributed by atoms with Crippen LogP contribution in [0.25, 0.3) is 0 Å². The van der Waals surface area contributed by atoms with Crippen molar-refractivity contribution in [2.45, 2.75) is 13.0 Å². The second-order valence-electron chi connectivity index (χ2n) is 4.63. The molecule has 0 aliphatic heterocycles. The molecule has 19 heavy (non-hydrogen) atoms. The molecule has 4 nitrogen and oxygen atoms in total. The number of benzene rings is 1. The zero-order valence-corrected chi connectivity index (χ0v) is 12.1. The van der Waals surface area contributed by atoms with E-state index in [4.69, 9.17) is 17.3 Å². The maximum atomic E-state index is 6.33. The Kier molecular flexibility index (Phi) is 4.45. The Hall–Kier alpha value is -1.52. The van der Waals surface area contributed by atoms with Gasteiger partial charge in [0.1, 0.15) is 5.82 Å². The zero-order valence-electron chi connectivity index (χ0n) is 11.3. The fourth-order valence-corrected chi connectivity index (χ4v) is 2.38. The Bertz CT molecular complexity index is 550. The molecule has 0 saturated heterocycles. The topological polar surface area (TPSA) is 47.1 Å². The number of hydrogen-bond donors (Lipinski definition) is 1. The molecule has 0 radical (unpaired) electrons. The first kappa shape index (κ1) is 13.9. The van der Waals surface area contributed by atoms with Crippen LogP contribution in [0.4, 0.5) is 5.69 Å². The quantitative estimate of drug-likeness (QED) is 0.912. The first-order valence-electron chi connectivity index (χ1n) is 6.27. The molecular formula is C14H19ClN4. The van der Waals surface area contributed by atoms with Gasteiger partial charge in [0, 0.05) is 26.5 Å². The van der Waals surface area contributed by atoms with Crippen molar-refractivity contribution in [1.29, 1.82) is 0 Å². The lowest BCUT2D eigenvalue weighted by atomic mass is 10.1. The molecule has 0 unspecified atom stereocenters. The largest absolute Gasteiger partial charge is 0.366 e. The van der Waals surface area contributed by atoms with E-state index in [0.29, 0.717) is 6.54 Å². The molecule has 2 rings (SSSR count). The van der Waals surface area contributed by atoms with Gasteiger partial charge in [-0.1, -0.05) is 17.7 Å². The summed E-state index contributed by atoms with van der Waals surface area (Å²) in [6, 6.07) is 6.10. The van der Waals surface area contributed by atoms with Crippen molar-refractivity contribution in [3.05, 3.63) is 47.0 Å². The molecule has 0 aliphatic carbocycles. The lowest BCUT2D eigenvalue weighted by Crippen LogP contribution is -2.19. The van der Waals surface area contributed by atoms with Gasteiger partial charge < -0.3 is 15.2 Å². The normalized spacial score (nSPS) is 10.7. The molecule has 0 atom stereocenters. The summed E-state index contributed by atoms with van der Waals surface area (Å²) in [4.78, 5) is 6.41. The Morgan fingerprint density at radius 1 is 1.42 bits per heavy atom. The van der Waals surface area contributed by atoms with Crippen LogP contribution in [0.5, 0.6) is 0 Å². The number of nitrogens with zero attached hydrogens (tertiary/aromatic N) is 3. The monoisotopic (exact) mass is 278 g/mol. The third-order valence-electron chi connectivity index (χ3n) is 3.16. The van der Waals surface area contributed by atoms with Crippen molar-refractivity contribution < 1.29 is 0 Å². The van der Waals surface area contributed by atoms with Crippen molar-refractivity contribution in [1.82, 2.24) is 9.55 Å². The van der Waals surface area contributed by atoms with E-state index in [1.54, 1.807) is 6.20 Å². The number of imidazole rings is 1. The molecule has 1 heterocycles. The minimum absolute atomic E-state index is 0.638. The first-order chi connectivity index (χ1) is 9.11. The third-order valence-corrected chi connectivity index (χ3v) is 3.46. The number of rotatable bonds is 5. The van der Waals surface area contributed by atoms with Crippen molar-refractivity contribution in [2.24, 2.45) is 12.8 Å². The fraction of sp³-hybridized carbons (Fsp3) is 0.357. The summed E-state index contributed by atoms with van der Waals surface area (Å²) in [7, 11) is 4.00. The number of aromatic nitrogens is 2. The van der Waals surface area contributed by atoms with Gasteiger partial charge in [0.05, 0.1) is 17.3 Å². The average Bonchev–Trinajstić information content (AvgIpc) is 2.75. The van der Waals surface area contributed by atoms with Crippen LogP contribution in [0.3, 0.4) is 0 Å². The van der Waals surface area contributed by atoms with Crippen LogP contribution in [0.15, 0.2) is 30.6 Å². The first-order valence-corrected chi connectivity index (χ1v) is 6.65. The molecule has 0 amide bonds. The molecule has 0 bridgehead atoms. The van der Waals surface area contributed by atoms with E-state index in [9.17, 15) is 0 Å². The highest BCUT2D eigenvalue weighted by molar-refractivity contribution is 6.33. The second kappa shape index (κ2) is 6.08. The summed E-state index contributed by atoms with van der Waals surface area (Å²) < 4.78 is 2.01. The number of halogens is 1. The average molecular weight is 279 g/mol. The summed E-state index contributed by atoms with van der Waals surface area (Å²) >= 11 is 6.33. The van der Waals surface area contributed by atoms with Crippen molar-refractivity contribution in [3.63, 3.8) is 0 Å².